The van der Waals surface area contributed by atoms with Crippen LogP contribution in [0.3, 0.4) is 0 Å². The van der Waals surface area contributed by atoms with Gasteiger partial charge in [0.1, 0.15) is 5.75 Å². The van der Waals surface area contributed by atoms with Gasteiger partial charge in [0.25, 0.3) is 5.91 Å². The average molecular weight is 502 g/mol. The van der Waals surface area contributed by atoms with Crippen molar-refractivity contribution >= 4 is 50.0 Å². The van der Waals surface area contributed by atoms with Crippen LogP contribution in [0.5, 0.6) is 5.75 Å². The maximum absolute atomic E-state index is 12.3. The minimum absolute atomic E-state index is 0.332. The Kier molecular flexibility index (Phi) is 6.73. The predicted molar refractivity (Wildman–Crippen MR) is 115 cm³/mol. The largest absolute Gasteiger partial charge is 0.422 e. The second kappa shape index (κ2) is 9.43. The number of rotatable bonds is 5. The van der Waals surface area contributed by atoms with Gasteiger partial charge in [0, 0.05) is 20.1 Å². The Balaban J connectivity index is 1.73. The van der Waals surface area contributed by atoms with Crippen LogP contribution in [-0.4, -0.2) is 18.1 Å². The molecule has 0 spiro atoms. The van der Waals surface area contributed by atoms with Crippen LogP contribution in [0.2, 0.25) is 0 Å². The van der Waals surface area contributed by atoms with Crippen LogP contribution in [0.4, 0.5) is 0 Å². The van der Waals surface area contributed by atoms with Crippen molar-refractivity contribution in [2.45, 2.75) is 0 Å². The average Bonchev–Trinajstić information content (AvgIpc) is 2.71. The highest BCUT2D eigenvalue weighted by Crippen LogP contribution is 2.23. The van der Waals surface area contributed by atoms with Gasteiger partial charge in [-0.25, -0.2) is 10.2 Å². The summed E-state index contributed by atoms with van der Waals surface area (Å²) in [7, 11) is 0. The van der Waals surface area contributed by atoms with E-state index < -0.39 is 5.97 Å². The number of hydrogen-bond acceptors (Lipinski definition) is 4. The van der Waals surface area contributed by atoms with E-state index in [-0.39, 0.29) is 5.91 Å². The van der Waals surface area contributed by atoms with Gasteiger partial charge in [0.15, 0.2) is 0 Å². The van der Waals surface area contributed by atoms with E-state index in [9.17, 15) is 9.59 Å². The van der Waals surface area contributed by atoms with E-state index in [2.05, 4.69) is 42.4 Å². The van der Waals surface area contributed by atoms with E-state index in [0.29, 0.717) is 22.4 Å². The smallest absolute Gasteiger partial charge is 0.343 e. The minimum Gasteiger partial charge on any atom is -0.422 e. The molecule has 0 unspecified atom stereocenters. The third kappa shape index (κ3) is 5.37. The monoisotopic (exact) mass is 500 g/mol. The predicted octanol–water partition coefficient (Wildman–Crippen LogP) is 5.19. The van der Waals surface area contributed by atoms with Gasteiger partial charge < -0.3 is 4.74 Å². The molecule has 0 heterocycles. The molecular formula is C21H14Br2N2O3. The lowest BCUT2D eigenvalue weighted by Gasteiger charge is -2.08. The summed E-state index contributed by atoms with van der Waals surface area (Å²) in [6, 6.07) is 20.8. The molecule has 0 aliphatic carbocycles. The molecule has 1 N–H and O–H groups in total. The van der Waals surface area contributed by atoms with Gasteiger partial charge in [-0.05, 0) is 54.6 Å². The summed E-state index contributed by atoms with van der Waals surface area (Å²) in [4.78, 5) is 24.4. The number of benzene rings is 3. The number of nitrogens with zero attached hydrogens (tertiary/aromatic N) is 1. The van der Waals surface area contributed by atoms with Gasteiger partial charge in [-0.15, -0.1) is 0 Å². The van der Waals surface area contributed by atoms with Crippen LogP contribution in [0.15, 0.2) is 86.8 Å². The Morgan fingerprint density at radius 2 is 1.54 bits per heavy atom. The maximum atomic E-state index is 12.3. The molecular weight excluding hydrogens is 488 g/mol. The summed E-state index contributed by atoms with van der Waals surface area (Å²) in [5.74, 6) is -0.489. The molecule has 140 valence electrons. The Labute approximate surface area is 178 Å². The standard InChI is InChI=1S/C21H14Br2N2O3/c22-17-8-6-14(7-9-17)20(26)25-24-13-16-12-18(23)10-11-19(16)28-21(27)15-4-2-1-3-5-15/h1-13H,(H,25,26)/b24-13+. The molecule has 1 amide bonds. The van der Waals surface area contributed by atoms with Crippen molar-refractivity contribution in [2.75, 3.05) is 0 Å². The summed E-state index contributed by atoms with van der Waals surface area (Å²) >= 11 is 6.70. The van der Waals surface area contributed by atoms with Crippen molar-refractivity contribution < 1.29 is 14.3 Å². The minimum atomic E-state index is -0.475. The molecule has 3 aromatic rings. The van der Waals surface area contributed by atoms with Crippen molar-refractivity contribution in [3.8, 4) is 5.75 Å². The van der Waals surface area contributed by atoms with Crippen LogP contribution in [0.25, 0.3) is 0 Å². The Morgan fingerprint density at radius 1 is 0.857 bits per heavy atom. The highest BCUT2D eigenvalue weighted by atomic mass is 79.9. The molecule has 7 heteroatoms. The number of hydrogen-bond donors (Lipinski definition) is 1. The second-order valence-electron chi connectivity index (χ2n) is 5.64. The van der Waals surface area contributed by atoms with E-state index in [0.717, 1.165) is 8.95 Å². The van der Waals surface area contributed by atoms with Crippen LogP contribution in [0, 0.1) is 0 Å². The molecule has 0 saturated carbocycles. The van der Waals surface area contributed by atoms with Gasteiger partial charge in [-0.2, -0.15) is 5.10 Å². The highest BCUT2D eigenvalue weighted by molar-refractivity contribution is 9.10. The zero-order chi connectivity index (χ0) is 19.9. The number of halogens is 2. The van der Waals surface area contributed by atoms with Crippen molar-refractivity contribution in [3.05, 3.63) is 98.4 Å². The van der Waals surface area contributed by atoms with E-state index in [1.807, 2.05) is 6.07 Å². The number of amides is 1. The second-order valence-corrected chi connectivity index (χ2v) is 7.48. The van der Waals surface area contributed by atoms with Crippen molar-refractivity contribution in [2.24, 2.45) is 5.10 Å². The molecule has 0 bridgehead atoms. The van der Waals surface area contributed by atoms with Crippen LogP contribution < -0.4 is 10.2 Å². The van der Waals surface area contributed by atoms with Crippen molar-refractivity contribution in [1.82, 2.24) is 5.43 Å². The van der Waals surface area contributed by atoms with Crippen LogP contribution in [0.1, 0.15) is 26.3 Å². The van der Waals surface area contributed by atoms with Gasteiger partial charge in [0.05, 0.1) is 11.8 Å². The first-order valence-electron chi connectivity index (χ1n) is 8.19. The first kappa shape index (κ1) is 20.0. The lowest BCUT2D eigenvalue weighted by molar-refractivity contribution is 0.0734. The number of carbonyl (C=O) groups excluding carboxylic acids is 2. The molecule has 0 aliphatic heterocycles. The zero-order valence-electron chi connectivity index (χ0n) is 14.4. The molecule has 3 rings (SSSR count). The Hall–Kier alpha value is -2.77. The van der Waals surface area contributed by atoms with Gasteiger partial charge in [-0.1, -0.05) is 50.1 Å². The molecule has 3 aromatic carbocycles. The van der Waals surface area contributed by atoms with Gasteiger partial charge in [0.2, 0.25) is 0 Å². The molecule has 0 aliphatic rings. The first-order chi connectivity index (χ1) is 13.5. The molecule has 5 nitrogen and oxygen atoms in total. The van der Waals surface area contributed by atoms with E-state index in [4.69, 9.17) is 4.74 Å². The molecule has 0 saturated heterocycles. The third-order valence-corrected chi connectivity index (χ3v) is 4.68. The van der Waals surface area contributed by atoms with Crippen LogP contribution in [-0.2, 0) is 0 Å². The van der Waals surface area contributed by atoms with E-state index in [1.54, 1.807) is 66.7 Å². The lowest BCUT2D eigenvalue weighted by atomic mass is 10.2. The maximum Gasteiger partial charge on any atom is 0.343 e. The zero-order valence-corrected chi connectivity index (χ0v) is 17.6. The first-order valence-corrected chi connectivity index (χ1v) is 9.77. The van der Waals surface area contributed by atoms with Crippen LogP contribution >= 0.6 is 31.9 Å². The number of nitrogens with one attached hydrogen (secondary N) is 1. The normalized spacial score (nSPS) is 10.6. The summed E-state index contributed by atoms with van der Waals surface area (Å²) in [5.41, 5.74) is 3.91. The molecule has 28 heavy (non-hydrogen) atoms. The third-order valence-electron chi connectivity index (χ3n) is 3.66. The number of hydrazone groups is 1. The number of carbonyl (C=O) groups is 2. The Bertz CT molecular complexity index is 1020. The van der Waals surface area contributed by atoms with E-state index >= 15 is 0 Å². The summed E-state index contributed by atoms with van der Waals surface area (Å²) in [6.07, 6.45) is 1.43. The fraction of sp³-hybridized carbons (Fsp3) is 0. The summed E-state index contributed by atoms with van der Waals surface area (Å²) < 4.78 is 7.14. The van der Waals surface area contributed by atoms with Gasteiger partial charge >= 0.3 is 5.97 Å². The van der Waals surface area contributed by atoms with Crippen molar-refractivity contribution in [3.63, 3.8) is 0 Å². The summed E-state index contributed by atoms with van der Waals surface area (Å²) in [5, 5.41) is 3.97. The van der Waals surface area contributed by atoms with Crippen molar-refractivity contribution in [1.29, 1.82) is 0 Å². The molecule has 0 fully saturated rings. The quantitative estimate of drug-likeness (QED) is 0.226. The Morgan fingerprint density at radius 3 is 2.25 bits per heavy atom. The summed E-state index contributed by atoms with van der Waals surface area (Å²) in [6.45, 7) is 0. The SMILES string of the molecule is O=C(N/N=C/c1cc(Br)ccc1OC(=O)c1ccccc1)c1ccc(Br)cc1. The molecule has 0 aromatic heterocycles. The molecule has 0 atom stereocenters. The topological polar surface area (TPSA) is 67.8 Å². The fourth-order valence-corrected chi connectivity index (χ4v) is 2.92. The number of esters is 1. The fourth-order valence-electron chi connectivity index (χ4n) is 2.27. The number of ether oxygens (including phenoxy) is 1. The lowest BCUT2D eigenvalue weighted by Crippen LogP contribution is -2.17. The highest BCUT2D eigenvalue weighted by Gasteiger charge is 2.11. The van der Waals surface area contributed by atoms with E-state index in [1.165, 1.54) is 6.21 Å². The molecule has 0 radical (unpaired) electrons. The van der Waals surface area contributed by atoms with Gasteiger partial charge in [-0.3, -0.25) is 4.79 Å².